The number of carbonyl (C=O) groups is 1. The van der Waals surface area contributed by atoms with E-state index in [1.54, 1.807) is 18.2 Å². The smallest absolute Gasteiger partial charge is 0.336 e. The van der Waals surface area contributed by atoms with Crippen LogP contribution in [-0.2, 0) is 4.79 Å². The van der Waals surface area contributed by atoms with Crippen molar-refractivity contribution in [3.63, 3.8) is 0 Å². The quantitative estimate of drug-likeness (QED) is 0.477. The van der Waals surface area contributed by atoms with E-state index in [1.165, 1.54) is 19.9 Å². The molecule has 0 bridgehead atoms. The van der Waals surface area contributed by atoms with Crippen LogP contribution in [0.25, 0.3) is 11.0 Å². The average Bonchev–Trinajstić information content (AvgIpc) is 2.48. The van der Waals surface area contributed by atoms with Crippen LogP contribution in [0.3, 0.4) is 0 Å². The van der Waals surface area contributed by atoms with E-state index in [-0.39, 0.29) is 17.3 Å². The summed E-state index contributed by atoms with van der Waals surface area (Å²) in [5.74, 6) is -0.485. The summed E-state index contributed by atoms with van der Waals surface area (Å²) in [7, 11) is 0. The monoisotopic (exact) mass is 334 g/mol. The van der Waals surface area contributed by atoms with Crippen LogP contribution in [0, 0.1) is 5.92 Å². The lowest BCUT2D eigenvalue weighted by Gasteiger charge is -2.27. The Bertz CT molecular complexity index is 784. The Labute approximate surface area is 139 Å². The van der Waals surface area contributed by atoms with Crippen molar-refractivity contribution in [2.75, 3.05) is 0 Å². The van der Waals surface area contributed by atoms with Gasteiger partial charge in [-0.25, -0.2) is 4.79 Å². The number of ether oxygens (including phenoxy) is 1. The third-order valence-electron chi connectivity index (χ3n) is 3.83. The molecule has 0 unspecified atom stereocenters. The molecule has 2 N–H and O–H groups in total. The van der Waals surface area contributed by atoms with Gasteiger partial charge in [0.05, 0.1) is 0 Å². The molecule has 1 aromatic heterocycles. The maximum atomic E-state index is 11.6. The van der Waals surface area contributed by atoms with Crippen LogP contribution in [0.2, 0.25) is 0 Å². The highest BCUT2D eigenvalue weighted by Crippen LogP contribution is 2.37. The van der Waals surface area contributed by atoms with Gasteiger partial charge in [0.15, 0.2) is 0 Å². The van der Waals surface area contributed by atoms with E-state index < -0.39 is 23.4 Å². The summed E-state index contributed by atoms with van der Waals surface area (Å²) in [5.41, 5.74) is -1.41. The Morgan fingerprint density at radius 2 is 1.83 bits per heavy atom. The fraction of sp³-hybridized carbons (Fsp3) is 0.444. The zero-order chi connectivity index (χ0) is 18.1. The highest BCUT2D eigenvalue weighted by Gasteiger charge is 2.30. The van der Waals surface area contributed by atoms with E-state index in [0.29, 0.717) is 10.9 Å². The van der Waals surface area contributed by atoms with Crippen LogP contribution in [0.4, 0.5) is 0 Å². The standard InChI is InChI=1S/C18H22O6/c1-10(2)12(9-19)15-13(23-17(21)18(3,4)22)7-5-11-6-8-14(20)24-16(11)15/h5-10,12,17,21-22H,1-4H3/t12-,17-/m0/s1. The van der Waals surface area contributed by atoms with Gasteiger partial charge in [-0.05, 0) is 38.0 Å². The number of aliphatic hydroxyl groups is 2. The minimum absolute atomic E-state index is 0.0831. The van der Waals surface area contributed by atoms with Gasteiger partial charge < -0.3 is 24.2 Å². The molecule has 6 nitrogen and oxygen atoms in total. The predicted octanol–water partition coefficient (Wildman–Crippen LogP) is 2.20. The molecule has 0 radical (unpaired) electrons. The number of hydrogen-bond donors (Lipinski definition) is 2. The molecule has 0 aliphatic heterocycles. The third-order valence-corrected chi connectivity index (χ3v) is 3.83. The Morgan fingerprint density at radius 1 is 1.21 bits per heavy atom. The Balaban J connectivity index is 2.70. The molecule has 2 aromatic rings. The molecule has 0 aliphatic carbocycles. The molecule has 130 valence electrons. The summed E-state index contributed by atoms with van der Waals surface area (Å²) in [5, 5.41) is 20.6. The Hall–Kier alpha value is -2.18. The van der Waals surface area contributed by atoms with E-state index in [2.05, 4.69) is 0 Å². The molecule has 0 aliphatic rings. The number of fused-ring (bicyclic) bond motifs is 1. The fourth-order valence-electron chi connectivity index (χ4n) is 2.38. The second kappa shape index (κ2) is 6.75. The topological polar surface area (TPSA) is 97.0 Å². The largest absolute Gasteiger partial charge is 0.462 e. The van der Waals surface area contributed by atoms with Gasteiger partial charge in [-0.2, -0.15) is 0 Å². The van der Waals surface area contributed by atoms with Crippen LogP contribution >= 0.6 is 0 Å². The van der Waals surface area contributed by atoms with Crippen molar-refractivity contribution in [3.8, 4) is 5.75 Å². The first-order valence-corrected chi connectivity index (χ1v) is 7.74. The first-order chi connectivity index (χ1) is 11.1. The van der Waals surface area contributed by atoms with E-state index in [0.717, 1.165) is 6.29 Å². The number of rotatable bonds is 6. The van der Waals surface area contributed by atoms with Crippen molar-refractivity contribution in [1.29, 1.82) is 0 Å². The molecule has 6 heteroatoms. The Morgan fingerprint density at radius 3 is 2.38 bits per heavy atom. The van der Waals surface area contributed by atoms with Gasteiger partial charge in [-0.3, -0.25) is 0 Å². The molecule has 0 spiro atoms. The minimum atomic E-state index is -1.51. The SMILES string of the molecule is CC(C)[C@H](C=O)c1c(O[C@H](O)C(C)(C)O)ccc2ccc(=O)oc12. The van der Waals surface area contributed by atoms with Crippen LogP contribution < -0.4 is 10.4 Å². The summed E-state index contributed by atoms with van der Waals surface area (Å²) in [6.07, 6.45) is -0.751. The summed E-state index contributed by atoms with van der Waals surface area (Å²) < 4.78 is 10.8. The first kappa shape index (κ1) is 18.2. The van der Waals surface area contributed by atoms with Gasteiger partial charge >= 0.3 is 5.63 Å². The van der Waals surface area contributed by atoms with E-state index >= 15 is 0 Å². The van der Waals surface area contributed by atoms with Crippen molar-refractivity contribution >= 4 is 17.3 Å². The molecule has 0 saturated carbocycles. The molecule has 24 heavy (non-hydrogen) atoms. The molecule has 2 rings (SSSR count). The molecule has 1 aromatic carbocycles. The number of carbonyl (C=O) groups excluding carboxylic acids is 1. The number of benzene rings is 1. The second-order valence-corrected chi connectivity index (χ2v) is 6.68. The highest BCUT2D eigenvalue weighted by molar-refractivity contribution is 5.86. The van der Waals surface area contributed by atoms with Gasteiger partial charge in [0.1, 0.15) is 23.2 Å². The van der Waals surface area contributed by atoms with E-state index in [1.807, 2.05) is 13.8 Å². The van der Waals surface area contributed by atoms with Crippen molar-refractivity contribution in [1.82, 2.24) is 0 Å². The van der Waals surface area contributed by atoms with Crippen molar-refractivity contribution < 1.29 is 24.2 Å². The fourth-order valence-corrected chi connectivity index (χ4v) is 2.38. The third kappa shape index (κ3) is 3.66. The predicted molar refractivity (Wildman–Crippen MR) is 89.1 cm³/mol. The number of hydrogen-bond acceptors (Lipinski definition) is 6. The molecule has 0 saturated heterocycles. The van der Waals surface area contributed by atoms with Crippen LogP contribution in [-0.4, -0.2) is 28.4 Å². The molecular formula is C18H22O6. The van der Waals surface area contributed by atoms with Gasteiger partial charge in [0.2, 0.25) is 6.29 Å². The van der Waals surface area contributed by atoms with Crippen LogP contribution in [0.1, 0.15) is 39.2 Å². The lowest BCUT2D eigenvalue weighted by molar-refractivity contribution is -0.150. The summed E-state index contributed by atoms with van der Waals surface area (Å²) in [4.78, 5) is 23.2. The van der Waals surface area contributed by atoms with Gasteiger partial charge in [0, 0.05) is 22.9 Å². The number of aliphatic hydroxyl groups excluding tert-OH is 1. The maximum Gasteiger partial charge on any atom is 0.336 e. The van der Waals surface area contributed by atoms with Crippen LogP contribution in [0.15, 0.2) is 33.5 Å². The highest BCUT2D eigenvalue weighted by atomic mass is 16.6. The lowest BCUT2D eigenvalue weighted by Crippen LogP contribution is -2.40. The average molecular weight is 334 g/mol. The summed E-state index contributed by atoms with van der Waals surface area (Å²) in [6, 6.07) is 6.15. The zero-order valence-corrected chi connectivity index (χ0v) is 14.1. The van der Waals surface area contributed by atoms with Crippen LogP contribution in [0.5, 0.6) is 5.75 Å². The minimum Gasteiger partial charge on any atom is -0.462 e. The van der Waals surface area contributed by atoms with Crippen molar-refractivity contribution in [2.45, 2.75) is 45.5 Å². The normalized spacial score (nSPS) is 14.6. The maximum absolute atomic E-state index is 11.6. The van der Waals surface area contributed by atoms with E-state index in [9.17, 15) is 19.8 Å². The van der Waals surface area contributed by atoms with Gasteiger partial charge in [0.25, 0.3) is 0 Å². The van der Waals surface area contributed by atoms with E-state index in [4.69, 9.17) is 9.15 Å². The van der Waals surface area contributed by atoms with Crippen molar-refractivity contribution in [2.24, 2.45) is 5.92 Å². The summed E-state index contributed by atoms with van der Waals surface area (Å²) in [6.45, 7) is 6.51. The number of aldehydes is 1. The molecule has 0 amide bonds. The molecule has 0 fully saturated rings. The molecule has 2 atom stereocenters. The van der Waals surface area contributed by atoms with Crippen molar-refractivity contribution in [3.05, 3.63) is 40.2 Å². The lowest BCUT2D eigenvalue weighted by atomic mass is 9.88. The zero-order valence-electron chi connectivity index (χ0n) is 14.1. The van der Waals surface area contributed by atoms with Gasteiger partial charge in [-0.15, -0.1) is 0 Å². The summed E-state index contributed by atoms with van der Waals surface area (Å²) >= 11 is 0. The molecule has 1 heterocycles. The second-order valence-electron chi connectivity index (χ2n) is 6.68. The first-order valence-electron chi connectivity index (χ1n) is 7.74. The molecular weight excluding hydrogens is 312 g/mol. The van der Waals surface area contributed by atoms with Gasteiger partial charge in [-0.1, -0.05) is 13.8 Å². The Kier molecular flexibility index (Phi) is 5.11.